The monoisotopic (exact) mass is 447 g/mol. The van der Waals surface area contributed by atoms with E-state index in [4.69, 9.17) is 32.7 Å². The van der Waals surface area contributed by atoms with Crippen LogP contribution in [0.4, 0.5) is 5.13 Å². The highest BCUT2D eigenvalue weighted by molar-refractivity contribution is 7.14. The first kappa shape index (κ1) is 21.2. The van der Waals surface area contributed by atoms with Gasteiger partial charge in [-0.3, -0.25) is 5.43 Å². The van der Waals surface area contributed by atoms with Crippen LogP contribution in [0.15, 0.2) is 53.0 Å². The van der Waals surface area contributed by atoms with E-state index < -0.39 is 0 Å². The minimum atomic E-state index is 0.501. The van der Waals surface area contributed by atoms with E-state index in [2.05, 4.69) is 15.5 Å². The van der Waals surface area contributed by atoms with E-state index in [-0.39, 0.29) is 0 Å². The molecule has 0 unspecified atom stereocenters. The van der Waals surface area contributed by atoms with E-state index in [1.165, 1.54) is 11.3 Å². The van der Waals surface area contributed by atoms with Crippen LogP contribution in [0.5, 0.6) is 11.5 Å². The molecule has 0 spiro atoms. The minimum absolute atomic E-state index is 0.501. The summed E-state index contributed by atoms with van der Waals surface area (Å²) in [5.41, 5.74) is 6.47. The van der Waals surface area contributed by atoms with E-state index >= 15 is 0 Å². The van der Waals surface area contributed by atoms with Crippen LogP contribution in [0.3, 0.4) is 0 Å². The molecular formula is C21H19Cl2N3O2S. The molecule has 29 heavy (non-hydrogen) atoms. The summed E-state index contributed by atoms with van der Waals surface area (Å²) < 4.78 is 10.6. The van der Waals surface area contributed by atoms with Crippen molar-refractivity contribution in [2.75, 3.05) is 19.6 Å². The molecule has 5 nitrogen and oxygen atoms in total. The first-order chi connectivity index (χ1) is 14.0. The van der Waals surface area contributed by atoms with Gasteiger partial charge in [0, 0.05) is 10.9 Å². The molecule has 0 bridgehead atoms. The lowest BCUT2D eigenvalue weighted by Gasteiger charge is -2.07. The summed E-state index contributed by atoms with van der Waals surface area (Å²) >= 11 is 13.5. The molecule has 0 aliphatic heterocycles. The zero-order valence-corrected chi connectivity index (χ0v) is 18.4. The van der Waals surface area contributed by atoms with Gasteiger partial charge in [0.1, 0.15) is 0 Å². The number of rotatable bonds is 7. The van der Waals surface area contributed by atoms with Gasteiger partial charge < -0.3 is 9.47 Å². The fourth-order valence-corrected chi connectivity index (χ4v) is 3.42. The van der Waals surface area contributed by atoms with Gasteiger partial charge in [-0.2, -0.15) is 5.10 Å². The second-order valence-corrected chi connectivity index (χ2v) is 7.65. The number of halogens is 2. The summed E-state index contributed by atoms with van der Waals surface area (Å²) in [6.45, 7) is 1.90. The quantitative estimate of drug-likeness (QED) is 0.325. The Labute approximate surface area is 183 Å². The summed E-state index contributed by atoms with van der Waals surface area (Å²) in [5.74, 6) is 1.37. The second-order valence-electron chi connectivity index (χ2n) is 5.98. The predicted molar refractivity (Wildman–Crippen MR) is 123 cm³/mol. The van der Waals surface area contributed by atoms with Crippen molar-refractivity contribution in [3.63, 3.8) is 0 Å². The Kier molecular flexibility index (Phi) is 7.14. The molecule has 8 heteroatoms. The van der Waals surface area contributed by atoms with Crippen LogP contribution in [0.25, 0.3) is 17.3 Å². The Morgan fingerprint density at radius 2 is 1.86 bits per heavy atom. The maximum Gasteiger partial charge on any atom is 0.203 e. The van der Waals surface area contributed by atoms with Gasteiger partial charge >= 0.3 is 0 Å². The van der Waals surface area contributed by atoms with Crippen LogP contribution in [0.2, 0.25) is 10.0 Å². The highest BCUT2D eigenvalue weighted by Crippen LogP contribution is 2.30. The number of benzene rings is 2. The normalized spacial score (nSPS) is 11.7. The van der Waals surface area contributed by atoms with Gasteiger partial charge in [0.15, 0.2) is 11.5 Å². The number of aromatic nitrogens is 1. The number of methoxy groups -OCH3 is 2. The number of ether oxygens (including phenoxy) is 2. The maximum atomic E-state index is 6.08. The van der Waals surface area contributed by atoms with Gasteiger partial charge in [0.05, 0.1) is 35.7 Å². The third-order valence-corrected chi connectivity index (χ3v) is 5.46. The molecule has 0 saturated carbocycles. The average Bonchev–Trinajstić information content (AvgIpc) is 3.21. The third kappa shape index (κ3) is 5.50. The van der Waals surface area contributed by atoms with E-state index in [1.54, 1.807) is 26.4 Å². The molecule has 0 atom stereocenters. The highest BCUT2D eigenvalue weighted by Gasteiger charge is 2.07. The summed E-state index contributed by atoms with van der Waals surface area (Å²) in [5, 5.41) is 7.99. The molecule has 2 aromatic carbocycles. The van der Waals surface area contributed by atoms with E-state index in [1.807, 2.05) is 48.7 Å². The third-order valence-electron chi connectivity index (χ3n) is 3.97. The van der Waals surface area contributed by atoms with Crippen LogP contribution in [-0.4, -0.2) is 24.9 Å². The van der Waals surface area contributed by atoms with Crippen LogP contribution in [0.1, 0.15) is 12.5 Å². The average molecular weight is 448 g/mol. The molecule has 0 amide bonds. The molecule has 1 heterocycles. The SMILES string of the molecule is COc1ccc(/C=C/C(C)=N/Nc2nc(-c3ccc(Cl)c(Cl)c3)cs2)cc1OC. The predicted octanol–water partition coefficient (Wildman–Crippen LogP) is 6.64. The number of hydrogen-bond donors (Lipinski definition) is 1. The molecule has 0 saturated heterocycles. The Hall–Kier alpha value is -2.54. The number of hydrazone groups is 1. The van der Waals surface area contributed by atoms with Crippen molar-refractivity contribution in [3.05, 3.63) is 63.5 Å². The molecule has 150 valence electrons. The van der Waals surface area contributed by atoms with Crippen LogP contribution >= 0.6 is 34.5 Å². The molecule has 1 N–H and O–H groups in total. The number of nitrogens with one attached hydrogen (secondary N) is 1. The largest absolute Gasteiger partial charge is 0.493 e. The lowest BCUT2D eigenvalue weighted by molar-refractivity contribution is 0.355. The van der Waals surface area contributed by atoms with Crippen LogP contribution in [-0.2, 0) is 0 Å². The standard InChI is InChI=1S/C21H19Cl2N3O2S/c1-13(4-5-14-6-9-19(27-2)20(10-14)28-3)25-26-21-24-18(12-29-21)15-7-8-16(22)17(23)11-15/h4-12H,1-3H3,(H,24,26)/b5-4+,25-13+. The fraction of sp³-hybridized carbons (Fsp3) is 0.143. The van der Waals surface area contributed by atoms with Crippen molar-refractivity contribution < 1.29 is 9.47 Å². The summed E-state index contributed by atoms with van der Waals surface area (Å²) in [4.78, 5) is 4.53. The van der Waals surface area contributed by atoms with E-state index in [0.29, 0.717) is 26.7 Å². The summed E-state index contributed by atoms with van der Waals surface area (Å²) in [6.07, 6.45) is 3.85. The Morgan fingerprint density at radius 3 is 2.59 bits per heavy atom. The zero-order valence-electron chi connectivity index (χ0n) is 16.1. The van der Waals surface area contributed by atoms with Gasteiger partial charge in [0.2, 0.25) is 5.13 Å². The first-order valence-electron chi connectivity index (χ1n) is 8.61. The van der Waals surface area contributed by atoms with Gasteiger partial charge in [-0.15, -0.1) is 11.3 Å². The smallest absolute Gasteiger partial charge is 0.203 e. The van der Waals surface area contributed by atoms with E-state index in [9.17, 15) is 0 Å². The lowest BCUT2D eigenvalue weighted by atomic mass is 10.1. The molecular weight excluding hydrogens is 429 g/mol. The molecule has 0 aliphatic carbocycles. The van der Waals surface area contributed by atoms with Gasteiger partial charge in [0.25, 0.3) is 0 Å². The molecule has 0 radical (unpaired) electrons. The van der Waals surface area contributed by atoms with Gasteiger partial charge in [-0.05, 0) is 42.8 Å². The Balaban J connectivity index is 1.66. The fourth-order valence-electron chi connectivity index (χ4n) is 2.46. The van der Waals surface area contributed by atoms with E-state index in [0.717, 1.165) is 22.5 Å². The van der Waals surface area contributed by atoms with Crippen molar-refractivity contribution in [2.45, 2.75) is 6.92 Å². The number of allylic oxidation sites excluding steroid dienone is 1. The Bertz CT molecular complexity index is 1060. The van der Waals surface area contributed by atoms with Gasteiger partial charge in [-0.1, -0.05) is 41.4 Å². The molecule has 3 rings (SSSR count). The van der Waals surface area contributed by atoms with Crippen molar-refractivity contribution in [2.24, 2.45) is 5.10 Å². The van der Waals surface area contributed by atoms with Gasteiger partial charge in [-0.25, -0.2) is 4.98 Å². The second kappa shape index (κ2) is 9.78. The Morgan fingerprint density at radius 1 is 1.07 bits per heavy atom. The van der Waals surface area contributed by atoms with Crippen LogP contribution < -0.4 is 14.9 Å². The van der Waals surface area contributed by atoms with Crippen molar-refractivity contribution in [1.82, 2.24) is 4.98 Å². The maximum absolute atomic E-state index is 6.08. The first-order valence-corrected chi connectivity index (χ1v) is 10.2. The number of hydrogen-bond acceptors (Lipinski definition) is 6. The van der Waals surface area contributed by atoms with Crippen LogP contribution in [0, 0.1) is 0 Å². The molecule has 0 fully saturated rings. The summed E-state index contributed by atoms with van der Waals surface area (Å²) in [6, 6.07) is 11.1. The lowest BCUT2D eigenvalue weighted by Crippen LogP contribution is -1.94. The van der Waals surface area contributed by atoms with Crippen molar-refractivity contribution >= 4 is 51.5 Å². The summed E-state index contributed by atoms with van der Waals surface area (Å²) in [7, 11) is 3.23. The zero-order chi connectivity index (χ0) is 20.8. The number of anilines is 1. The highest BCUT2D eigenvalue weighted by atomic mass is 35.5. The minimum Gasteiger partial charge on any atom is -0.493 e. The number of nitrogens with zero attached hydrogens (tertiary/aromatic N) is 2. The molecule has 1 aromatic heterocycles. The van der Waals surface area contributed by atoms with Crippen molar-refractivity contribution in [3.8, 4) is 22.8 Å². The molecule has 3 aromatic rings. The van der Waals surface area contributed by atoms with Crippen molar-refractivity contribution in [1.29, 1.82) is 0 Å². The topological polar surface area (TPSA) is 55.7 Å². The molecule has 0 aliphatic rings. The number of thiazole rings is 1.